The number of amides is 1. The number of non-ortho nitro benzene ring substituents is 1. The molecule has 2 aromatic rings. The Morgan fingerprint density at radius 1 is 1.00 bits per heavy atom. The summed E-state index contributed by atoms with van der Waals surface area (Å²) in [6, 6.07) is 16.5. The molecule has 1 amide bonds. The highest BCUT2D eigenvalue weighted by atomic mass is 16.6. The summed E-state index contributed by atoms with van der Waals surface area (Å²) < 4.78 is 5.77. The molecule has 1 N–H and O–H groups in total. The number of hydrogen-bond acceptors (Lipinski definition) is 7. The van der Waals surface area contributed by atoms with Crippen LogP contribution in [-0.4, -0.2) is 94.1 Å². The maximum absolute atomic E-state index is 13.5. The first-order chi connectivity index (χ1) is 22.3. The second-order valence-electron chi connectivity index (χ2n) is 14.1. The molecule has 0 bridgehead atoms. The molecule has 2 saturated carbocycles. The molecule has 2 heterocycles. The molecule has 0 spiro atoms. The zero-order valence-corrected chi connectivity index (χ0v) is 26.9. The van der Waals surface area contributed by atoms with Crippen LogP contribution in [0, 0.1) is 27.9 Å². The van der Waals surface area contributed by atoms with Gasteiger partial charge in [0.2, 0.25) is 0 Å². The lowest BCUT2D eigenvalue weighted by atomic mass is 9.83. The van der Waals surface area contributed by atoms with Gasteiger partial charge in [-0.25, -0.2) is 0 Å². The second-order valence-corrected chi connectivity index (χ2v) is 14.1. The predicted molar refractivity (Wildman–Crippen MR) is 175 cm³/mol. The number of likely N-dealkylation sites (tertiary alicyclic amines) is 2. The summed E-state index contributed by atoms with van der Waals surface area (Å²) in [4.78, 5) is 43.5. The number of benzene rings is 2. The van der Waals surface area contributed by atoms with E-state index in [1.54, 1.807) is 0 Å². The van der Waals surface area contributed by atoms with Gasteiger partial charge in [-0.2, -0.15) is 0 Å². The standard InChI is InChI=1S/C36H48N4O6/c1-25-20-33(25)39(34(41)24-46-31-14-12-30(13-15-31)40(44)45)29-16-18-37(19-17-29)21-28-22-38(23-32(28)26-8-4-2-5-9-26)35(36(42)43)27-10-6-3-7-11-27/h2,4-5,8-9,12-15,25,27-29,32-33,35H,3,6-7,10-11,16-24H2,1H3,(H,42,43)/t25?,28-,32+,33?,35+/m0/s1. The second kappa shape index (κ2) is 14.5. The Labute approximate surface area is 271 Å². The minimum absolute atomic E-state index is 0.00908. The summed E-state index contributed by atoms with van der Waals surface area (Å²) in [5, 5.41) is 21.3. The molecule has 2 unspecified atom stereocenters. The maximum Gasteiger partial charge on any atom is 0.321 e. The van der Waals surface area contributed by atoms with Gasteiger partial charge < -0.3 is 19.6 Å². The average Bonchev–Trinajstić information content (AvgIpc) is 3.64. The fourth-order valence-electron chi connectivity index (χ4n) is 8.45. The summed E-state index contributed by atoms with van der Waals surface area (Å²) in [6.07, 6.45) is 8.30. The van der Waals surface area contributed by atoms with Gasteiger partial charge in [0.1, 0.15) is 11.8 Å². The Bertz CT molecular complexity index is 1340. The normalized spacial score (nSPS) is 26.8. The van der Waals surface area contributed by atoms with E-state index in [1.165, 1.54) is 36.2 Å². The molecule has 6 rings (SSSR count). The van der Waals surface area contributed by atoms with Gasteiger partial charge in [-0.1, -0.05) is 56.5 Å². The Balaban J connectivity index is 1.08. The van der Waals surface area contributed by atoms with Crippen LogP contribution >= 0.6 is 0 Å². The maximum atomic E-state index is 13.5. The summed E-state index contributed by atoms with van der Waals surface area (Å²) in [6.45, 7) is 6.43. The van der Waals surface area contributed by atoms with Crippen LogP contribution in [0.25, 0.3) is 0 Å². The van der Waals surface area contributed by atoms with Crippen LogP contribution in [0.1, 0.15) is 69.8 Å². The van der Waals surface area contributed by atoms with E-state index in [4.69, 9.17) is 4.74 Å². The third-order valence-corrected chi connectivity index (χ3v) is 11.0. The third kappa shape index (κ3) is 7.55. The SMILES string of the molecule is CC1CC1N(C(=O)COc1ccc([N+](=O)[O-])cc1)C1CCN(C[C@H]2CN([C@@H](C(=O)O)C3CCCCC3)C[C@@H]2c2ccccc2)CC1. The lowest BCUT2D eigenvalue weighted by Crippen LogP contribution is -2.51. The Morgan fingerprint density at radius 3 is 2.28 bits per heavy atom. The number of hydrogen-bond donors (Lipinski definition) is 1. The Kier molecular flexibility index (Phi) is 10.2. The van der Waals surface area contributed by atoms with Crippen LogP contribution in [0.5, 0.6) is 5.75 Å². The van der Waals surface area contributed by atoms with E-state index in [0.717, 1.165) is 77.7 Å². The molecule has 4 fully saturated rings. The van der Waals surface area contributed by atoms with E-state index >= 15 is 0 Å². The van der Waals surface area contributed by atoms with Gasteiger partial charge in [0.15, 0.2) is 6.61 Å². The summed E-state index contributed by atoms with van der Waals surface area (Å²) >= 11 is 0. The molecule has 5 atom stereocenters. The Morgan fingerprint density at radius 2 is 1.67 bits per heavy atom. The van der Waals surface area contributed by atoms with Crippen molar-refractivity contribution >= 4 is 17.6 Å². The van der Waals surface area contributed by atoms with E-state index in [0.29, 0.717) is 23.5 Å². The molecule has 10 heteroatoms. The minimum Gasteiger partial charge on any atom is -0.484 e. The number of nitro groups is 1. The van der Waals surface area contributed by atoms with Crippen molar-refractivity contribution in [3.05, 3.63) is 70.3 Å². The molecule has 4 aliphatic rings. The molecule has 0 radical (unpaired) electrons. The molecule has 2 saturated heterocycles. The average molecular weight is 633 g/mol. The molecular weight excluding hydrogens is 584 g/mol. The van der Waals surface area contributed by atoms with Crippen molar-refractivity contribution in [2.75, 3.05) is 39.3 Å². The van der Waals surface area contributed by atoms with Crippen molar-refractivity contribution in [1.29, 1.82) is 0 Å². The number of piperidine rings is 1. The van der Waals surface area contributed by atoms with Crippen molar-refractivity contribution in [3.8, 4) is 5.75 Å². The largest absolute Gasteiger partial charge is 0.484 e. The number of carbonyl (C=O) groups excluding carboxylic acids is 1. The van der Waals surface area contributed by atoms with Gasteiger partial charge in [-0.05, 0) is 67.6 Å². The molecular formula is C36H48N4O6. The first-order valence-electron chi connectivity index (χ1n) is 17.2. The van der Waals surface area contributed by atoms with Gasteiger partial charge in [-0.15, -0.1) is 0 Å². The number of carboxylic acid groups (broad SMARTS) is 1. The van der Waals surface area contributed by atoms with Gasteiger partial charge in [-0.3, -0.25) is 24.6 Å². The van der Waals surface area contributed by atoms with Gasteiger partial charge in [0, 0.05) is 62.9 Å². The van der Waals surface area contributed by atoms with Crippen molar-refractivity contribution in [3.63, 3.8) is 0 Å². The van der Waals surface area contributed by atoms with Crippen LogP contribution in [0.3, 0.4) is 0 Å². The number of carboxylic acids is 1. The third-order valence-electron chi connectivity index (χ3n) is 11.0. The van der Waals surface area contributed by atoms with Crippen LogP contribution in [0.4, 0.5) is 5.69 Å². The summed E-state index contributed by atoms with van der Waals surface area (Å²) in [7, 11) is 0. The van der Waals surface area contributed by atoms with Crippen molar-refractivity contribution in [2.45, 2.75) is 82.3 Å². The fraction of sp³-hybridized carbons (Fsp3) is 0.611. The number of nitro benzene ring substituents is 1. The number of aliphatic carboxylic acids is 1. The molecule has 2 aliphatic heterocycles. The van der Waals surface area contributed by atoms with Crippen molar-refractivity contribution < 1.29 is 24.4 Å². The van der Waals surface area contributed by atoms with Crippen LogP contribution < -0.4 is 4.74 Å². The molecule has 248 valence electrons. The highest BCUT2D eigenvalue weighted by molar-refractivity contribution is 5.79. The quantitative estimate of drug-likeness (QED) is 0.244. The monoisotopic (exact) mass is 632 g/mol. The van der Waals surface area contributed by atoms with Gasteiger partial charge in [0.25, 0.3) is 11.6 Å². The summed E-state index contributed by atoms with van der Waals surface area (Å²) in [5.41, 5.74) is 1.29. The predicted octanol–water partition coefficient (Wildman–Crippen LogP) is 5.42. The lowest BCUT2D eigenvalue weighted by Gasteiger charge is -2.40. The van der Waals surface area contributed by atoms with Crippen LogP contribution in [0.15, 0.2) is 54.6 Å². The van der Waals surface area contributed by atoms with Crippen LogP contribution in [0.2, 0.25) is 0 Å². The van der Waals surface area contributed by atoms with E-state index in [9.17, 15) is 24.8 Å². The Hall–Kier alpha value is -3.50. The van der Waals surface area contributed by atoms with Gasteiger partial charge in [0.05, 0.1) is 4.92 Å². The lowest BCUT2D eigenvalue weighted by molar-refractivity contribution is -0.384. The molecule has 10 nitrogen and oxygen atoms in total. The fourth-order valence-corrected chi connectivity index (χ4v) is 8.45. The highest BCUT2D eigenvalue weighted by Gasteiger charge is 2.46. The topological polar surface area (TPSA) is 116 Å². The minimum atomic E-state index is -0.670. The van der Waals surface area contributed by atoms with E-state index < -0.39 is 16.9 Å². The number of carbonyl (C=O) groups is 2. The number of nitrogens with zero attached hydrogens (tertiary/aromatic N) is 4. The smallest absolute Gasteiger partial charge is 0.321 e. The van der Waals surface area contributed by atoms with Crippen LogP contribution in [-0.2, 0) is 9.59 Å². The molecule has 46 heavy (non-hydrogen) atoms. The van der Waals surface area contributed by atoms with Crippen molar-refractivity contribution in [1.82, 2.24) is 14.7 Å². The van der Waals surface area contributed by atoms with E-state index in [-0.39, 0.29) is 36.2 Å². The first-order valence-corrected chi connectivity index (χ1v) is 17.2. The number of rotatable bonds is 12. The zero-order valence-electron chi connectivity index (χ0n) is 26.9. The van der Waals surface area contributed by atoms with Gasteiger partial charge >= 0.3 is 5.97 Å². The number of ether oxygens (including phenoxy) is 1. The van der Waals surface area contributed by atoms with E-state index in [1.807, 2.05) is 6.07 Å². The van der Waals surface area contributed by atoms with Crippen molar-refractivity contribution in [2.24, 2.45) is 17.8 Å². The first kappa shape index (κ1) is 32.4. The summed E-state index contributed by atoms with van der Waals surface area (Å²) in [5.74, 6) is 1.11. The molecule has 2 aromatic carbocycles. The molecule has 2 aliphatic carbocycles. The highest BCUT2D eigenvalue weighted by Crippen LogP contribution is 2.40. The molecule has 0 aromatic heterocycles. The zero-order chi connectivity index (χ0) is 32.2. The van der Waals surface area contributed by atoms with E-state index in [2.05, 4.69) is 45.9 Å².